The lowest BCUT2D eigenvalue weighted by Gasteiger charge is -2.14. The predicted molar refractivity (Wildman–Crippen MR) is 92.5 cm³/mol. The van der Waals surface area contributed by atoms with Gasteiger partial charge in [0.1, 0.15) is 5.82 Å². The highest BCUT2D eigenvalue weighted by molar-refractivity contribution is 7.92. The average Bonchev–Trinajstić information content (AvgIpc) is 2.57. The first-order valence-electron chi connectivity index (χ1n) is 7.50. The van der Waals surface area contributed by atoms with Gasteiger partial charge in [-0.05, 0) is 49.7 Å². The van der Waals surface area contributed by atoms with Gasteiger partial charge in [-0.3, -0.25) is 9.52 Å². The van der Waals surface area contributed by atoms with Gasteiger partial charge < -0.3 is 10.5 Å². The van der Waals surface area contributed by atoms with E-state index in [9.17, 15) is 22.4 Å². The first-order chi connectivity index (χ1) is 12.1. The normalized spacial score (nSPS) is 12.3. The maximum atomic E-state index is 13.4. The van der Waals surface area contributed by atoms with Gasteiger partial charge in [-0.1, -0.05) is 12.1 Å². The number of benzene rings is 2. The number of nitrogens with one attached hydrogen (secondary N) is 1. The van der Waals surface area contributed by atoms with E-state index in [1.54, 1.807) is 0 Å². The third kappa shape index (κ3) is 4.37. The van der Waals surface area contributed by atoms with Gasteiger partial charge in [0, 0.05) is 0 Å². The van der Waals surface area contributed by atoms with Gasteiger partial charge in [0.2, 0.25) is 0 Å². The molecule has 2 aromatic carbocycles. The van der Waals surface area contributed by atoms with Crippen molar-refractivity contribution < 1.29 is 27.1 Å². The number of ether oxygens (including phenoxy) is 1. The molecule has 0 heterocycles. The second-order valence-electron chi connectivity index (χ2n) is 5.51. The van der Waals surface area contributed by atoms with Crippen LogP contribution in [0.25, 0.3) is 0 Å². The minimum Gasteiger partial charge on any atom is -0.449 e. The molecular formula is C17H17FN2O5S. The number of hydrogen-bond donors (Lipinski definition) is 2. The fourth-order valence-corrected chi connectivity index (χ4v) is 3.18. The Bertz CT molecular complexity index is 959. The Balaban J connectivity index is 2.33. The van der Waals surface area contributed by atoms with E-state index < -0.39 is 33.8 Å². The Kier molecular flexibility index (Phi) is 5.61. The van der Waals surface area contributed by atoms with E-state index in [0.29, 0.717) is 0 Å². The maximum absolute atomic E-state index is 13.4. The molecule has 0 aliphatic rings. The molecule has 7 nitrogen and oxygen atoms in total. The summed E-state index contributed by atoms with van der Waals surface area (Å²) in [6.45, 7) is 2.74. The third-order valence-electron chi connectivity index (χ3n) is 3.52. The monoisotopic (exact) mass is 380 g/mol. The fraction of sp³-hybridized carbons (Fsp3) is 0.176. The average molecular weight is 380 g/mol. The van der Waals surface area contributed by atoms with Crippen molar-refractivity contribution in [3.8, 4) is 0 Å². The zero-order valence-corrected chi connectivity index (χ0v) is 14.8. The quantitative estimate of drug-likeness (QED) is 0.744. The van der Waals surface area contributed by atoms with Gasteiger partial charge in [-0.15, -0.1) is 0 Å². The van der Waals surface area contributed by atoms with Gasteiger partial charge in [0.25, 0.3) is 15.9 Å². The number of amides is 1. The van der Waals surface area contributed by atoms with Crippen molar-refractivity contribution in [1.82, 2.24) is 0 Å². The number of hydrogen-bond acceptors (Lipinski definition) is 5. The van der Waals surface area contributed by atoms with Crippen LogP contribution in [0.15, 0.2) is 47.4 Å². The van der Waals surface area contributed by atoms with Crippen LogP contribution in [-0.4, -0.2) is 26.4 Å². The van der Waals surface area contributed by atoms with E-state index in [1.165, 1.54) is 44.2 Å². The molecule has 0 spiro atoms. The Labute approximate surface area is 150 Å². The number of nitrogens with two attached hydrogens (primary N) is 1. The van der Waals surface area contributed by atoms with Crippen LogP contribution in [0.2, 0.25) is 0 Å². The third-order valence-corrected chi connectivity index (χ3v) is 4.88. The summed E-state index contributed by atoms with van der Waals surface area (Å²) in [4.78, 5) is 23.1. The second-order valence-corrected chi connectivity index (χ2v) is 7.19. The Morgan fingerprint density at radius 2 is 1.85 bits per heavy atom. The number of sulfonamides is 1. The van der Waals surface area contributed by atoms with Gasteiger partial charge in [-0.25, -0.2) is 17.6 Å². The molecule has 0 aliphatic carbocycles. The summed E-state index contributed by atoms with van der Waals surface area (Å²) in [7, 11) is -4.07. The number of carbonyl (C=O) groups is 2. The van der Waals surface area contributed by atoms with Gasteiger partial charge in [0.05, 0.1) is 16.1 Å². The van der Waals surface area contributed by atoms with Crippen molar-refractivity contribution in [2.75, 3.05) is 4.72 Å². The summed E-state index contributed by atoms with van der Waals surface area (Å²) < 4.78 is 45.5. The molecule has 0 bridgehead atoms. The van der Waals surface area contributed by atoms with Crippen LogP contribution in [-0.2, 0) is 19.6 Å². The van der Waals surface area contributed by atoms with E-state index in [0.717, 1.165) is 12.1 Å². The lowest BCUT2D eigenvalue weighted by molar-refractivity contribution is -0.125. The number of anilines is 1. The minimum atomic E-state index is -4.07. The molecule has 1 atom stereocenters. The number of esters is 1. The number of carbonyl (C=O) groups excluding carboxylic acids is 2. The highest BCUT2D eigenvalue weighted by atomic mass is 32.2. The highest BCUT2D eigenvalue weighted by Crippen LogP contribution is 2.22. The largest absolute Gasteiger partial charge is 0.449 e. The Hall–Kier alpha value is -2.94. The molecule has 1 amide bonds. The number of para-hydroxylation sites is 1. The number of primary amides is 1. The lowest BCUT2D eigenvalue weighted by Crippen LogP contribution is -2.30. The van der Waals surface area contributed by atoms with Crippen molar-refractivity contribution in [2.24, 2.45) is 5.73 Å². The van der Waals surface area contributed by atoms with E-state index >= 15 is 0 Å². The van der Waals surface area contributed by atoms with E-state index in [2.05, 4.69) is 4.72 Å². The minimum absolute atomic E-state index is 0.0452. The van der Waals surface area contributed by atoms with Crippen molar-refractivity contribution in [1.29, 1.82) is 0 Å². The molecule has 138 valence electrons. The maximum Gasteiger partial charge on any atom is 0.341 e. The number of aryl methyl sites for hydroxylation is 1. The van der Waals surface area contributed by atoms with Crippen LogP contribution in [0.1, 0.15) is 22.8 Å². The van der Waals surface area contributed by atoms with Crippen molar-refractivity contribution >= 4 is 27.6 Å². The first kappa shape index (κ1) is 19.4. The SMILES string of the molecule is Cc1cc(S(=O)(=O)Nc2ccccc2C(=O)O[C@@H](C)C(N)=O)ccc1F. The predicted octanol–water partition coefficient (Wildman–Crippen LogP) is 1.97. The van der Waals surface area contributed by atoms with Crippen LogP contribution in [0.3, 0.4) is 0 Å². The standard InChI is InChI=1S/C17H17FN2O5S/c1-10-9-12(7-8-14(10)18)26(23,24)20-15-6-4-3-5-13(15)17(22)25-11(2)16(19)21/h3-9,11,20H,1-2H3,(H2,19,21)/t11-/m0/s1. The molecule has 26 heavy (non-hydrogen) atoms. The molecule has 0 saturated heterocycles. The van der Waals surface area contributed by atoms with Crippen molar-refractivity contribution in [3.63, 3.8) is 0 Å². The van der Waals surface area contributed by atoms with Crippen LogP contribution in [0.4, 0.5) is 10.1 Å². The van der Waals surface area contributed by atoms with E-state index in [4.69, 9.17) is 10.5 Å². The topological polar surface area (TPSA) is 116 Å². The summed E-state index contributed by atoms with van der Waals surface area (Å²) in [5.74, 6) is -2.28. The van der Waals surface area contributed by atoms with Gasteiger partial charge >= 0.3 is 5.97 Å². The van der Waals surface area contributed by atoms with E-state index in [-0.39, 0.29) is 21.7 Å². The molecule has 0 fully saturated rings. The van der Waals surface area contributed by atoms with Crippen molar-refractivity contribution in [3.05, 3.63) is 59.4 Å². The molecule has 0 unspecified atom stereocenters. The lowest BCUT2D eigenvalue weighted by atomic mass is 10.2. The Morgan fingerprint density at radius 1 is 1.19 bits per heavy atom. The fourth-order valence-electron chi connectivity index (χ4n) is 2.02. The zero-order chi connectivity index (χ0) is 19.5. The Morgan fingerprint density at radius 3 is 2.46 bits per heavy atom. The molecule has 0 saturated carbocycles. The zero-order valence-electron chi connectivity index (χ0n) is 14.0. The number of halogens is 1. The van der Waals surface area contributed by atoms with Crippen molar-refractivity contribution in [2.45, 2.75) is 24.8 Å². The molecule has 9 heteroatoms. The summed E-state index contributed by atoms with van der Waals surface area (Å²) in [6.07, 6.45) is -1.17. The molecule has 0 aliphatic heterocycles. The van der Waals surface area contributed by atoms with Crippen LogP contribution < -0.4 is 10.5 Å². The molecule has 2 aromatic rings. The summed E-state index contributed by atoms with van der Waals surface area (Å²) in [5.41, 5.74) is 5.07. The molecule has 0 aromatic heterocycles. The van der Waals surface area contributed by atoms with Crippen LogP contribution in [0, 0.1) is 12.7 Å². The summed E-state index contributed by atoms with van der Waals surface area (Å²) in [5, 5.41) is 0. The molecule has 3 N–H and O–H groups in total. The van der Waals surface area contributed by atoms with Gasteiger partial charge in [0.15, 0.2) is 6.10 Å². The smallest absolute Gasteiger partial charge is 0.341 e. The van der Waals surface area contributed by atoms with Crippen LogP contribution in [0.5, 0.6) is 0 Å². The highest BCUT2D eigenvalue weighted by Gasteiger charge is 2.22. The second kappa shape index (κ2) is 7.52. The van der Waals surface area contributed by atoms with Crippen LogP contribution >= 0.6 is 0 Å². The summed E-state index contributed by atoms with van der Waals surface area (Å²) >= 11 is 0. The number of rotatable bonds is 6. The van der Waals surface area contributed by atoms with E-state index in [1.807, 2.05) is 0 Å². The molecule has 2 rings (SSSR count). The molecular weight excluding hydrogens is 363 g/mol. The first-order valence-corrected chi connectivity index (χ1v) is 8.98. The molecule has 0 radical (unpaired) electrons. The van der Waals surface area contributed by atoms with Gasteiger partial charge in [-0.2, -0.15) is 0 Å². The summed E-state index contributed by atoms with van der Waals surface area (Å²) in [6, 6.07) is 9.05.